The zero-order valence-electron chi connectivity index (χ0n) is 9.96. The second-order valence-corrected chi connectivity index (χ2v) is 4.36. The van der Waals surface area contributed by atoms with Gasteiger partial charge in [0.15, 0.2) is 0 Å². The van der Waals surface area contributed by atoms with Crippen LogP contribution in [0.2, 0.25) is 0 Å². The molecule has 7 nitrogen and oxygen atoms in total. The van der Waals surface area contributed by atoms with Crippen molar-refractivity contribution in [1.29, 1.82) is 0 Å². The fourth-order valence-electron chi connectivity index (χ4n) is 1.66. The van der Waals surface area contributed by atoms with Crippen LogP contribution in [0.3, 0.4) is 0 Å². The van der Waals surface area contributed by atoms with E-state index >= 15 is 0 Å². The quantitative estimate of drug-likeness (QED) is 0.668. The molecule has 0 spiro atoms. The molecule has 1 amide bonds. The fraction of sp³-hybridized carbons (Fsp3) is 0.700. The van der Waals surface area contributed by atoms with Crippen molar-refractivity contribution >= 4 is 11.9 Å². The number of nitrogens with zero attached hydrogens (tertiary/aromatic N) is 4. The average Bonchev–Trinajstić information content (AvgIpc) is 3.04. The molecule has 0 aromatic carbocycles. The number of amides is 1. The van der Waals surface area contributed by atoms with Gasteiger partial charge in [0.2, 0.25) is 11.9 Å². The number of hydrogen-bond donors (Lipinski definition) is 2. The highest BCUT2D eigenvalue weighted by Gasteiger charge is 2.25. The van der Waals surface area contributed by atoms with Crippen molar-refractivity contribution in [2.75, 3.05) is 25.9 Å². The van der Waals surface area contributed by atoms with E-state index in [4.69, 9.17) is 5.73 Å². The van der Waals surface area contributed by atoms with Gasteiger partial charge in [-0.2, -0.15) is 0 Å². The third kappa shape index (κ3) is 3.70. The number of rotatable bonds is 6. The number of carbonyl (C=O) groups excluding carboxylic acids is 1. The molecule has 94 valence electrons. The van der Waals surface area contributed by atoms with E-state index in [0.29, 0.717) is 6.54 Å². The van der Waals surface area contributed by atoms with Gasteiger partial charge < -0.3 is 16.0 Å². The lowest BCUT2D eigenvalue weighted by Gasteiger charge is -2.15. The van der Waals surface area contributed by atoms with Crippen LogP contribution in [0.25, 0.3) is 0 Å². The van der Waals surface area contributed by atoms with Crippen molar-refractivity contribution in [3.8, 4) is 0 Å². The molecule has 1 aromatic heterocycles. The number of nitrogens with two attached hydrogens (primary N) is 1. The molecule has 3 N–H and O–H groups in total. The van der Waals surface area contributed by atoms with E-state index < -0.39 is 0 Å². The van der Waals surface area contributed by atoms with Gasteiger partial charge in [0.25, 0.3) is 0 Å². The Labute approximate surface area is 100.0 Å². The van der Waals surface area contributed by atoms with Gasteiger partial charge in [-0.3, -0.25) is 4.79 Å². The van der Waals surface area contributed by atoms with Gasteiger partial charge in [0, 0.05) is 19.1 Å². The minimum Gasteiger partial charge on any atom is -0.367 e. The van der Waals surface area contributed by atoms with Gasteiger partial charge in [-0.25, -0.2) is 9.67 Å². The average molecular weight is 238 g/mol. The highest BCUT2D eigenvalue weighted by atomic mass is 16.2. The van der Waals surface area contributed by atoms with Crippen LogP contribution in [-0.4, -0.2) is 51.8 Å². The minimum absolute atomic E-state index is 0.0703. The van der Waals surface area contributed by atoms with Crippen LogP contribution in [0.15, 0.2) is 6.33 Å². The smallest absolute Gasteiger partial charge is 0.241 e. The number of hydrogen-bond acceptors (Lipinski definition) is 5. The van der Waals surface area contributed by atoms with Crippen molar-refractivity contribution in [2.45, 2.75) is 25.4 Å². The predicted octanol–water partition coefficient (Wildman–Crippen LogP) is -0.929. The molecule has 1 heterocycles. The maximum atomic E-state index is 11.5. The zero-order chi connectivity index (χ0) is 12.3. The van der Waals surface area contributed by atoms with Gasteiger partial charge in [-0.1, -0.05) is 0 Å². The van der Waals surface area contributed by atoms with Crippen LogP contribution in [-0.2, 0) is 11.3 Å². The Morgan fingerprint density at radius 1 is 1.71 bits per heavy atom. The van der Waals surface area contributed by atoms with Crippen molar-refractivity contribution in [1.82, 2.24) is 25.0 Å². The molecule has 1 aliphatic rings. The lowest BCUT2D eigenvalue weighted by atomic mass is 10.5. The first-order valence-electron chi connectivity index (χ1n) is 5.77. The molecule has 7 heteroatoms. The lowest BCUT2D eigenvalue weighted by molar-refractivity contribution is -0.121. The van der Waals surface area contributed by atoms with Crippen LogP contribution >= 0.6 is 0 Å². The molecule has 0 atom stereocenters. The Morgan fingerprint density at radius 3 is 3.06 bits per heavy atom. The highest BCUT2D eigenvalue weighted by Crippen LogP contribution is 2.24. The van der Waals surface area contributed by atoms with E-state index in [-0.39, 0.29) is 18.4 Å². The van der Waals surface area contributed by atoms with Crippen molar-refractivity contribution in [3.63, 3.8) is 0 Å². The van der Waals surface area contributed by atoms with Crippen LogP contribution in [0.5, 0.6) is 0 Å². The zero-order valence-corrected chi connectivity index (χ0v) is 9.96. The van der Waals surface area contributed by atoms with E-state index in [2.05, 4.69) is 27.3 Å². The molecule has 0 saturated heterocycles. The van der Waals surface area contributed by atoms with E-state index in [1.54, 1.807) is 0 Å². The molecule has 17 heavy (non-hydrogen) atoms. The number of nitrogen functional groups attached to an aromatic ring is 1. The second kappa shape index (κ2) is 5.13. The summed E-state index contributed by atoms with van der Waals surface area (Å²) in [7, 11) is 2.09. The molecule has 1 aliphatic carbocycles. The molecule has 1 saturated carbocycles. The lowest BCUT2D eigenvalue weighted by Crippen LogP contribution is -2.35. The number of aromatic nitrogens is 3. The summed E-state index contributed by atoms with van der Waals surface area (Å²) in [6.45, 7) is 1.71. The predicted molar refractivity (Wildman–Crippen MR) is 63.1 cm³/mol. The SMILES string of the molecule is CN(CCNC(=O)Cn1cnc(N)n1)C1CC1. The van der Waals surface area contributed by atoms with Gasteiger partial charge in [-0.15, -0.1) is 5.10 Å². The van der Waals surface area contributed by atoms with E-state index in [0.717, 1.165) is 12.6 Å². The number of anilines is 1. The molecule has 2 rings (SSSR count). The molecular weight excluding hydrogens is 220 g/mol. The normalized spacial score (nSPS) is 15.2. The van der Waals surface area contributed by atoms with Crippen LogP contribution in [0, 0.1) is 0 Å². The van der Waals surface area contributed by atoms with Crippen LogP contribution in [0.4, 0.5) is 5.95 Å². The monoisotopic (exact) mass is 238 g/mol. The molecule has 0 aliphatic heterocycles. The van der Waals surface area contributed by atoms with Crippen molar-refractivity contribution in [2.24, 2.45) is 0 Å². The van der Waals surface area contributed by atoms with Crippen LogP contribution in [0.1, 0.15) is 12.8 Å². The molecule has 0 bridgehead atoms. The Bertz CT molecular complexity index is 386. The Balaban J connectivity index is 1.63. The molecule has 1 aromatic rings. The summed E-state index contributed by atoms with van der Waals surface area (Å²) < 4.78 is 1.43. The molecule has 1 fully saturated rings. The summed E-state index contributed by atoms with van der Waals surface area (Å²) in [5, 5.41) is 6.69. The van der Waals surface area contributed by atoms with E-state index in [1.165, 1.54) is 23.9 Å². The number of carbonyl (C=O) groups is 1. The van der Waals surface area contributed by atoms with E-state index in [9.17, 15) is 4.79 Å². The Morgan fingerprint density at radius 2 is 2.47 bits per heavy atom. The van der Waals surface area contributed by atoms with Gasteiger partial charge in [-0.05, 0) is 19.9 Å². The van der Waals surface area contributed by atoms with E-state index in [1.807, 2.05) is 0 Å². The van der Waals surface area contributed by atoms with Gasteiger partial charge in [0.05, 0.1) is 0 Å². The third-order valence-corrected chi connectivity index (χ3v) is 2.82. The summed E-state index contributed by atoms with van der Waals surface area (Å²) in [6, 6.07) is 0.724. The summed E-state index contributed by atoms with van der Waals surface area (Å²) >= 11 is 0. The van der Waals surface area contributed by atoms with Crippen molar-refractivity contribution in [3.05, 3.63) is 6.33 Å². The summed E-state index contributed by atoms with van der Waals surface area (Å²) in [4.78, 5) is 17.6. The maximum Gasteiger partial charge on any atom is 0.241 e. The first kappa shape index (κ1) is 11.8. The summed E-state index contributed by atoms with van der Waals surface area (Å²) in [5.74, 6) is 0.116. The van der Waals surface area contributed by atoms with Gasteiger partial charge >= 0.3 is 0 Å². The second-order valence-electron chi connectivity index (χ2n) is 4.36. The first-order valence-corrected chi connectivity index (χ1v) is 5.77. The fourth-order valence-corrected chi connectivity index (χ4v) is 1.66. The first-order chi connectivity index (χ1) is 8.15. The van der Waals surface area contributed by atoms with Crippen LogP contribution < -0.4 is 11.1 Å². The summed E-state index contributed by atoms with van der Waals surface area (Å²) in [6.07, 6.45) is 4.01. The number of nitrogens with one attached hydrogen (secondary N) is 1. The topological polar surface area (TPSA) is 89.1 Å². The highest BCUT2D eigenvalue weighted by molar-refractivity contribution is 5.75. The van der Waals surface area contributed by atoms with Crippen molar-refractivity contribution < 1.29 is 4.79 Å². The Kier molecular flexibility index (Phi) is 3.58. The Hall–Kier alpha value is -1.63. The maximum absolute atomic E-state index is 11.5. The number of likely N-dealkylation sites (N-methyl/N-ethyl adjacent to an activating group) is 1. The molecule has 0 radical (unpaired) electrons. The third-order valence-electron chi connectivity index (χ3n) is 2.82. The molecule has 0 unspecified atom stereocenters. The summed E-state index contributed by atoms with van der Waals surface area (Å²) in [5.41, 5.74) is 5.35. The standard InChI is InChI=1S/C10H18N6O/c1-15(8-2-3-8)5-4-12-9(17)6-16-7-13-10(11)14-16/h7-8H,2-6H2,1H3,(H2,11,14)(H,12,17). The van der Waals surface area contributed by atoms with Gasteiger partial charge in [0.1, 0.15) is 12.9 Å². The largest absolute Gasteiger partial charge is 0.367 e. The molecular formula is C10H18N6O. The minimum atomic E-state index is -0.0703.